The highest BCUT2D eigenvalue weighted by molar-refractivity contribution is 5.04. The molecule has 0 saturated carbocycles. The van der Waals surface area contributed by atoms with E-state index >= 15 is 0 Å². The van der Waals surface area contributed by atoms with Gasteiger partial charge in [0.25, 0.3) is 0 Å². The van der Waals surface area contributed by atoms with Crippen molar-refractivity contribution in [2.45, 2.75) is 38.5 Å². The molecule has 0 aromatic carbocycles. The van der Waals surface area contributed by atoms with Crippen molar-refractivity contribution in [3.63, 3.8) is 0 Å². The van der Waals surface area contributed by atoms with Crippen LogP contribution in [0.15, 0.2) is 12.2 Å². The molecular weight excluding hydrogens is 146 g/mol. The smallest absolute Gasteiger partial charge is 0.00406 e. The van der Waals surface area contributed by atoms with Crippen molar-refractivity contribution < 1.29 is 0 Å². The first-order chi connectivity index (χ1) is 5.91. The molecule has 0 aromatic rings. The Kier molecular flexibility index (Phi) is 2.50. The molecule has 1 saturated heterocycles. The van der Waals surface area contributed by atoms with Crippen LogP contribution < -0.4 is 5.32 Å². The minimum absolute atomic E-state index is 0.599. The summed E-state index contributed by atoms with van der Waals surface area (Å²) in [6, 6.07) is 0. The lowest BCUT2D eigenvalue weighted by molar-refractivity contribution is 0.292. The zero-order chi connectivity index (χ0) is 8.28. The van der Waals surface area contributed by atoms with E-state index < -0.39 is 0 Å². The third kappa shape index (κ3) is 1.71. The van der Waals surface area contributed by atoms with Gasteiger partial charge in [0.15, 0.2) is 0 Å². The maximum atomic E-state index is 3.48. The quantitative estimate of drug-likeness (QED) is 0.544. The molecule has 2 rings (SSSR count). The van der Waals surface area contributed by atoms with Gasteiger partial charge in [0, 0.05) is 0 Å². The van der Waals surface area contributed by atoms with Crippen molar-refractivity contribution in [1.82, 2.24) is 5.32 Å². The van der Waals surface area contributed by atoms with Gasteiger partial charge < -0.3 is 5.32 Å². The summed E-state index contributed by atoms with van der Waals surface area (Å²) < 4.78 is 0. The SMILES string of the molecule is C1=CC2(CCC1)CCCNCC2. The highest BCUT2D eigenvalue weighted by Gasteiger charge is 2.28. The Morgan fingerprint density at radius 3 is 2.75 bits per heavy atom. The van der Waals surface area contributed by atoms with Crippen LogP contribution in [0.4, 0.5) is 0 Å². The average molecular weight is 165 g/mol. The molecule has 1 fully saturated rings. The van der Waals surface area contributed by atoms with Crippen molar-refractivity contribution in [1.29, 1.82) is 0 Å². The van der Waals surface area contributed by atoms with Gasteiger partial charge in [0.2, 0.25) is 0 Å². The van der Waals surface area contributed by atoms with E-state index in [1.807, 2.05) is 0 Å². The van der Waals surface area contributed by atoms with Crippen molar-refractivity contribution in [3.05, 3.63) is 12.2 Å². The van der Waals surface area contributed by atoms with E-state index in [0.717, 1.165) is 0 Å². The Morgan fingerprint density at radius 1 is 1.00 bits per heavy atom. The van der Waals surface area contributed by atoms with Crippen LogP contribution in [0.2, 0.25) is 0 Å². The predicted molar refractivity (Wildman–Crippen MR) is 52.1 cm³/mol. The molecule has 1 atom stereocenters. The van der Waals surface area contributed by atoms with Gasteiger partial charge >= 0.3 is 0 Å². The van der Waals surface area contributed by atoms with Gasteiger partial charge in [-0.15, -0.1) is 0 Å². The Morgan fingerprint density at radius 2 is 1.92 bits per heavy atom. The first kappa shape index (κ1) is 8.31. The molecular formula is C11H19N. The summed E-state index contributed by atoms with van der Waals surface area (Å²) >= 11 is 0. The largest absolute Gasteiger partial charge is 0.317 e. The van der Waals surface area contributed by atoms with E-state index in [1.165, 1.54) is 51.6 Å². The molecule has 12 heavy (non-hydrogen) atoms. The monoisotopic (exact) mass is 165 g/mol. The Bertz CT molecular complexity index is 164. The zero-order valence-corrected chi connectivity index (χ0v) is 7.81. The predicted octanol–water partition coefficient (Wildman–Crippen LogP) is 2.49. The van der Waals surface area contributed by atoms with Crippen molar-refractivity contribution in [2.75, 3.05) is 13.1 Å². The summed E-state index contributed by atoms with van der Waals surface area (Å²) in [6.07, 6.45) is 13.2. The molecule has 0 bridgehead atoms. The first-order valence-corrected chi connectivity index (χ1v) is 5.30. The molecule has 2 aliphatic rings. The standard InChI is InChI=1S/C11H19N/c1-2-5-11(6-3-1)7-4-9-12-10-8-11/h2,5,12H,1,3-4,6-10H2. The van der Waals surface area contributed by atoms with Crippen LogP contribution in [0.3, 0.4) is 0 Å². The minimum Gasteiger partial charge on any atom is -0.317 e. The van der Waals surface area contributed by atoms with Crippen LogP contribution >= 0.6 is 0 Å². The lowest BCUT2D eigenvalue weighted by Gasteiger charge is -2.31. The fourth-order valence-corrected chi connectivity index (χ4v) is 2.56. The normalized spacial score (nSPS) is 36.7. The number of hydrogen-bond acceptors (Lipinski definition) is 1. The summed E-state index contributed by atoms with van der Waals surface area (Å²) in [4.78, 5) is 0. The van der Waals surface area contributed by atoms with Crippen LogP contribution in [0, 0.1) is 5.41 Å². The fourth-order valence-electron chi connectivity index (χ4n) is 2.56. The van der Waals surface area contributed by atoms with Gasteiger partial charge in [-0.1, -0.05) is 12.2 Å². The highest BCUT2D eigenvalue weighted by atomic mass is 14.9. The van der Waals surface area contributed by atoms with Crippen LogP contribution in [0.25, 0.3) is 0 Å². The summed E-state index contributed by atoms with van der Waals surface area (Å²) in [7, 11) is 0. The topological polar surface area (TPSA) is 12.0 Å². The van der Waals surface area contributed by atoms with Crippen molar-refractivity contribution in [3.8, 4) is 0 Å². The molecule has 1 nitrogen and oxygen atoms in total. The maximum Gasteiger partial charge on any atom is -0.00406 e. The van der Waals surface area contributed by atoms with Crippen LogP contribution in [0.1, 0.15) is 38.5 Å². The van der Waals surface area contributed by atoms with Crippen molar-refractivity contribution >= 4 is 0 Å². The fraction of sp³-hybridized carbons (Fsp3) is 0.818. The van der Waals surface area contributed by atoms with E-state index in [9.17, 15) is 0 Å². The molecule has 1 aliphatic carbocycles. The second-order valence-corrected chi connectivity index (χ2v) is 4.26. The molecule has 1 N–H and O–H groups in total. The molecule has 1 heteroatoms. The van der Waals surface area contributed by atoms with Crippen LogP contribution in [-0.2, 0) is 0 Å². The molecule has 0 radical (unpaired) electrons. The third-order valence-corrected chi connectivity index (χ3v) is 3.34. The van der Waals surface area contributed by atoms with Crippen molar-refractivity contribution in [2.24, 2.45) is 5.41 Å². The van der Waals surface area contributed by atoms with Gasteiger partial charge in [-0.25, -0.2) is 0 Å². The molecule has 1 unspecified atom stereocenters. The molecule has 68 valence electrons. The van der Waals surface area contributed by atoms with E-state index in [2.05, 4.69) is 17.5 Å². The summed E-state index contributed by atoms with van der Waals surface area (Å²) in [5.41, 5.74) is 0.599. The molecule has 1 spiro atoms. The van der Waals surface area contributed by atoms with E-state index in [4.69, 9.17) is 0 Å². The van der Waals surface area contributed by atoms with Gasteiger partial charge in [-0.3, -0.25) is 0 Å². The van der Waals surface area contributed by atoms with Crippen LogP contribution in [0.5, 0.6) is 0 Å². The molecule has 1 heterocycles. The minimum atomic E-state index is 0.599. The summed E-state index contributed by atoms with van der Waals surface area (Å²) in [5, 5.41) is 3.48. The van der Waals surface area contributed by atoms with Gasteiger partial charge in [-0.05, 0) is 57.0 Å². The molecule has 1 aliphatic heterocycles. The van der Waals surface area contributed by atoms with E-state index in [1.54, 1.807) is 0 Å². The lowest BCUT2D eigenvalue weighted by atomic mass is 9.74. The second kappa shape index (κ2) is 3.61. The summed E-state index contributed by atoms with van der Waals surface area (Å²) in [5.74, 6) is 0. The first-order valence-electron chi connectivity index (χ1n) is 5.30. The van der Waals surface area contributed by atoms with Gasteiger partial charge in [-0.2, -0.15) is 0 Å². The Labute approximate surface area is 75.2 Å². The zero-order valence-electron chi connectivity index (χ0n) is 7.81. The van der Waals surface area contributed by atoms with Crippen LogP contribution in [-0.4, -0.2) is 13.1 Å². The second-order valence-electron chi connectivity index (χ2n) is 4.26. The number of nitrogens with one attached hydrogen (secondary N) is 1. The molecule has 0 amide bonds. The Hall–Kier alpha value is -0.300. The maximum absolute atomic E-state index is 3.48. The van der Waals surface area contributed by atoms with E-state index in [-0.39, 0.29) is 0 Å². The molecule has 0 aromatic heterocycles. The number of rotatable bonds is 0. The third-order valence-electron chi connectivity index (χ3n) is 3.34. The summed E-state index contributed by atoms with van der Waals surface area (Å²) in [6.45, 7) is 2.46. The van der Waals surface area contributed by atoms with E-state index in [0.29, 0.717) is 5.41 Å². The number of hydrogen-bond donors (Lipinski definition) is 1. The van der Waals surface area contributed by atoms with Gasteiger partial charge in [0.05, 0.1) is 0 Å². The average Bonchev–Trinajstić information content (AvgIpc) is 2.33. The number of allylic oxidation sites excluding steroid dienone is 2. The highest BCUT2D eigenvalue weighted by Crippen LogP contribution is 2.39. The lowest BCUT2D eigenvalue weighted by Crippen LogP contribution is -2.22. The Balaban J connectivity index is 2.05. The van der Waals surface area contributed by atoms with Gasteiger partial charge in [0.1, 0.15) is 0 Å².